The summed E-state index contributed by atoms with van der Waals surface area (Å²) in [5, 5.41) is 20.3. The van der Waals surface area contributed by atoms with Gasteiger partial charge in [-0.25, -0.2) is 29.4 Å². The Morgan fingerprint density at radius 1 is 1.07 bits per heavy atom. The molecule has 2 amide bonds. The van der Waals surface area contributed by atoms with Crippen LogP contribution in [0.25, 0.3) is 11.2 Å². The van der Waals surface area contributed by atoms with Gasteiger partial charge in [-0.1, -0.05) is 12.8 Å². The van der Waals surface area contributed by atoms with Crippen LogP contribution in [0.3, 0.4) is 0 Å². The van der Waals surface area contributed by atoms with E-state index in [1.54, 1.807) is 4.90 Å². The lowest BCUT2D eigenvalue weighted by atomic mass is 10.0. The minimum Gasteiger partial charge on any atom is -0.464 e. The lowest BCUT2D eigenvalue weighted by molar-refractivity contribution is -0.210. The first-order valence-corrected chi connectivity index (χ1v) is 13.7. The molecule has 2 fully saturated rings. The molecule has 0 unspecified atom stereocenters. The maximum absolute atomic E-state index is 13.2. The minimum absolute atomic E-state index is 0.110. The molecular weight excluding hydrogens is 575 g/mol. The molecule has 4 rings (SSSR count). The third-order valence-corrected chi connectivity index (χ3v) is 6.91. The number of hydrazine groups is 1. The Labute approximate surface area is 246 Å². The molecule has 1 aliphatic carbocycles. The Morgan fingerprint density at radius 2 is 1.67 bits per heavy atom. The Balaban J connectivity index is 0.000000393. The normalized spacial score (nSPS) is 16.4. The number of fused-ring (bicyclic) bond motifs is 1. The molecule has 43 heavy (non-hydrogen) atoms. The summed E-state index contributed by atoms with van der Waals surface area (Å²) in [7, 11) is 4.07. The molecule has 0 bridgehead atoms. The van der Waals surface area contributed by atoms with Crippen LogP contribution in [0.15, 0.2) is 6.33 Å². The molecule has 2 aromatic heterocycles. The minimum atomic E-state index is -4.90. The van der Waals surface area contributed by atoms with Gasteiger partial charge in [-0.3, -0.25) is 5.01 Å². The number of aromatic nitrogens is 4. The molecule has 1 saturated carbocycles. The number of carbonyl (C=O) groups excluding carboxylic acids is 2. The number of hydrogen-bond donors (Lipinski definition) is 2. The maximum Gasteiger partial charge on any atom is 0.490 e. The number of imidazole rings is 1. The van der Waals surface area contributed by atoms with Crippen LogP contribution >= 0.6 is 0 Å². The number of anilines is 1. The van der Waals surface area contributed by atoms with Crippen molar-refractivity contribution in [1.29, 1.82) is 5.26 Å². The second-order valence-electron chi connectivity index (χ2n) is 11.5. The summed E-state index contributed by atoms with van der Waals surface area (Å²) in [5.74, 6) is -2.10. The summed E-state index contributed by atoms with van der Waals surface area (Å²) in [6.07, 6.45) is 0.490. The fourth-order valence-electron chi connectivity index (χ4n) is 4.89. The lowest BCUT2D eigenvalue weighted by Gasteiger charge is -2.35. The van der Waals surface area contributed by atoms with E-state index >= 15 is 0 Å². The SMILES string of the molecule is CC(C)(C)OC(=O)C(F)(F)F.CN(C)C1CCN(C(=O)n2cnc3c(N(NC(=O)O)C4CCCC4)nc(C#N)nc32)CC1. The van der Waals surface area contributed by atoms with E-state index in [2.05, 4.69) is 30.0 Å². The predicted octanol–water partition coefficient (Wildman–Crippen LogP) is 3.51. The van der Waals surface area contributed by atoms with Crippen LogP contribution in [0.4, 0.5) is 28.6 Å². The van der Waals surface area contributed by atoms with Gasteiger partial charge in [-0.15, -0.1) is 0 Å². The van der Waals surface area contributed by atoms with Crippen molar-refractivity contribution in [3.8, 4) is 6.07 Å². The second-order valence-corrected chi connectivity index (χ2v) is 11.5. The number of likely N-dealkylation sites (tertiary alicyclic amines) is 1. The summed E-state index contributed by atoms with van der Waals surface area (Å²) < 4.78 is 39.9. The molecule has 3 heterocycles. The molecule has 0 atom stereocenters. The molecule has 236 valence electrons. The van der Waals surface area contributed by atoms with Crippen LogP contribution in [0, 0.1) is 11.3 Å². The smallest absolute Gasteiger partial charge is 0.464 e. The van der Waals surface area contributed by atoms with E-state index in [1.807, 2.05) is 20.2 Å². The average molecular weight is 612 g/mol. The number of alkyl halides is 3. The van der Waals surface area contributed by atoms with Crippen molar-refractivity contribution in [3.05, 3.63) is 12.2 Å². The zero-order valence-electron chi connectivity index (χ0n) is 24.7. The molecule has 14 nitrogen and oxygen atoms in total. The van der Waals surface area contributed by atoms with Gasteiger partial charge in [0.2, 0.25) is 5.82 Å². The molecule has 0 spiro atoms. The van der Waals surface area contributed by atoms with Crippen molar-refractivity contribution in [1.82, 2.24) is 34.7 Å². The first-order valence-electron chi connectivity index (χ1n) is 13.7. The second kappa shape index (κ2) is 13.4. The Morgan fingerprint density at radius 3 is 2.14 bits per heavy atom. The summed E-state index contributed by atoms with van der Waals surface area (Å²) in [6, 6.07) is 1.97. The van der Waals surface area contributed by atoms with Gasteiger partial charge in [0, 0.05) is 19.1 Å². The van der Waals surface area contributed by atoms with Crippen LogP contribution in [0.1, 0.15) is 65.1 Å². The van der Waals surface area contributed by atoms with Crippen molar-refractivity contribution in [3.63, 3.8) is 0 Å². The molecule has 0 aromatic carbocycles. The van der Waals surface area contributed by atoms with Crippen molar-refractivity contribution in [2.24, 2.45) is 0 Å². The van der Waals surface area contributed by atoms with E-state index in [0.29, 0.717) is 19.1 Å². The Hall–Kier alpha value is -4.20. The number of rotatable bonds is 4. The first-order chi connectivity index (χ1) is 20.0. The van der Waals surface area contributed by atoms with Gasteiger partial charge < -0.3 is 19.6 Å². The van der Waals surface area contributed by atoms with Crippen LogP contribution in [-0.4, -0.2) is 104 Å². The Bertz CT molecular complexity index is 1350. The van der Waals surface area contributed by atoms with Crippen molar-refractivity contribution in [2.75, 3.05) is 32.2 Å². The average Bonchev–Trinajstić information content (AvgIpc) is 3.60. The number of nitrogens with zero attached hydrogens (tertiary/aromatic N) is 8. The van der Waals surface area contributed by atoms with Gasteiger partial charge in [0.25, 0.3) is 0 Å². The van der Waals surface area contributed by atoms with E-state index in [0.717, 1.165) is 38.5 Å². The van der Waals surface area contributed by atoms with E-state index in [9.17, 15) is 37.9 Å². The monoisotopic (exact) mass is 611 g/mol. The van der Waals surface area contributed by atoms with E-state index < -0.39 is 23.8 Å². The van der Waals surface area contributed by atoms with Gasteiger partial charge in [-0.2, -0.15) is 28.4 Å². The number of halogens is 3. The van der Waals surface area contributed by atoms with E-state index in [1.165, 1.54) is 36.7 Å². The van der Waals surface area contributed by atoms with Crippen LogP contribution in [0.5, 0.6) is 0 Å². The highest BCUT2D eigenvalue weighted by Crippen LogP contribution is 2.30. The number of ether oxygens (including phenoxy) is 1. The number of esters is 1. The Kier molecular flexibility index (Phi) is 10.4. The topological polar surface area (TPSA) is 170 Å². The number of carbonyl (C=O) groups is 3. The summed E-state index contributed by atoms with van der Waals surface area (Å²) in [6.45, 7) is 5.34. The first kappa shape index (κ1) is 33.3. The molecule has 1 aliphatic heterocycles. The molecule has 1 saturated heterocycles. The van der Waals surface area contributed by atoms with Crippen LogP contribution < -0.4 is 10.4 Å². The predicted molar refractivity (Wildman–Crippen MR) is 147 cm³/mol. The van der Waals surface area contributed by atoms with Crippen molar-refractivity contribution >= 4 is 35.1 Å². The summed E-state index contributed by atoms with van der Waals surface area (Å²) >= 11 is 0. The van der Waals surface area contributed by atoms with E-state index in [4.69, 9.17) is 0 Å². The van der Waals surface area contributed by atoms with Gasteiger partial charge in [0.15, 0.2) is 17.0 Å². The number of hydrogen-bond acceptors (Lipinski definition) is 10. The van der Waals surface area contributed by atoms with Crippen LogP contribution in [-0.2, 0) is 9.53 Å². The fraction of sp³-hybridized carbons (Fsp3) is 0.654. The third kappa shape index (κ3) is 8.66. The number of nitriles is 1. The van der Waals surface area contributed by atoms with Crippen molar-refractivity contribution < 1.29 is 37.4 Å². The van der Waals surface area contributed by atoms with Gasteiger partial charge in [0.05, 0.1) is 6.04 Å². The van der Waals surface area contributed by atoms with Crippen LogP contribution in [0.2, 0.25) is 0 Å². The maximum atomic E-state index is 13.2. The highest BCUT2D eigenvalue weighted by atomic mass is 19.4. The number of amides is 2. The number of carboxylic acid groups (broad SMARTS) is 1. The zero-order valence-corrected chi connectivity index (χ0v) is 24.7. The standard InChI is InChI=1S/C20H27N9O3.C6H9F3O2/c1-26(2)13-7-9-27(10-8-13)20(32)28-12-22-16-17(28)23-15(11-21)24-18(16)29(25-19(30)31)14-5-3-4-6-14;1-5(2,3)11-4(10)6(7,8)9/h12-14,25H,3-10H2,1-2H3,(H,30,31);1-3H3. The van der Waals surface area contributed by atoms with Crippen molar-refractivity contribution in [2.45, 2.75) is 83.2 Å². The largest absolute Gasteiger partial charge is 0.490 e. The molecule has 2 N–H and O–H groups in total. The summed E-state index contributed by atoms with van der Waals surface area (Å²) in [5.41, 5.74) is 1.78. The fourth-order valence-corrected chi connectivity index (χ4v) is 4.89. The lowest BCUT2D eigenvalue weighted by Crippen LogP contribution is -2.48. The van der Waals surface area contributed by atoms with Gasteiger partial charge in [-0.05, 0) is 60.5 Å². The number of piperidine rings is 1. The summed E-state index contributed by atoms with van der Waals surface area (Å²) in [4.78, 5) is 51.6. The number of nitrogens with one attached hydrogen (secondary N) is 1. The highest BCUT2D eigenvalue weighted by molar-refractivity contribution is 5.92. The van der Waals surface area contributed by atoms with E-state index in [-0.39, 0.29) is 34.9 Å². The third-order valence-electron chi connectivity index (χ3n) is 6.91. The molecular formula is C26H36F3N9O5. The highest BCUT2D eigenvalue weighted by Gasteiger charge is 2.43. The zero-order chi connectivity index (χ0) is 32.1. The quantitative estimate of drug-likeness (QED) is 0.383. The molecule has 0 radical (unpaired) electrons. The molecule has 2 aliphatic rings. The van der Waals surface area contributed by atoms with Gasteiger partial charge in [0.1, 0.15) is 18.0 Å². The molecule has 17 heteroatoms. The van der Waals surface area contributed by atoms with Gasteiger partial charge >= 0.3 is 24.3 Å². The molecule has 2 aromatic rings.